The number of carbonyl (C=O) groups is 2. The van der Waals surface area contributed by atoms with E-state index in [1.807, 2.05) is 17.5 Å². The van der Waals surface area contributed by atoms with Crippen LogP contribution in [-0.2, 0) is 17.9 Å². The minimum atomic E-state index is -0.145. The number of nitrogens with one attached hydrogen (secondary N) is 1. The van der Waals surface area contributed by atoms with Gasteiger partial charge in [0.05, 0.1) is 11.4 Å². The van der Waals surface area contributed by atoms with Crippen molar-refractivity contribution >= 4 is 23.2 Å². The summed E-state index contributed by atoms with van der Waals surface area (Å²) < 4.78 is 0. The van der Waals surface area contributed by atoms with E-state index >= 15 is 0 Å². The van der Waals surface area contributed by atoms with Crippen molar-refractivity contribution in [2.24, 2.45) is 5.92 Å². The van der Waals surface area contributed by atoms with E-state index in [-0.39, 0.29) is 18.4 Å². The molecule has 6 heteroatoms. The van der Waals surface area contributed by atoms with Gasteiger partial charge in [-0.1, -0.05) is 37.3 Å². The standard InChI is InChI=1S/C22H29N3O2S/c1-17-7-5-11-25(14-17)15-19-9-4-3-8-18(19)13-23-21(26)16-24(2)22(27)20-10-6-12-28-20/h3-4,6,8-10,12,17H,5,7,11,13-16H2,1-2H3,(H,23,26). The topological polar surface area (TPSA) is 52.7 Å². The molecule has 0 radical (unpaired) electrons. The number of thiophene rings is 1. The maximum atomic E-state index is 12.3. The molecule has 2 heterocycles. The second-order valence-corrected chi connectivity index (χ2v) is 8.61. The molecule has 1 fully saturated rings. The molecule has 2 aromatic rings. The Bertz CT molecular complexity index is 791. The monoisotopic (exact) mass is 399 g/mol. The van der Waals surface area contributed by atoms with Gasteiger partial charge in [0, 0.05) is 26.7 Å². The number of hydrogen-bond acceptors (Lipinski definition) is 4. The van der Waals surface area contributed by atoms with Crippen LogP contribution in [0.3, 0.4) is 0 Å². The van der Waals surface area contributed by atoms with Gasteiger partial charge in [0.25, 0.3) is 5.91 Å². The van der Waals surface area contributed by atoms with Crippen LogP contribution in [0.2, 0.25) is 0 Å². The van der Waals surface area contributed by atoms with Crippen LogP contribution in [0.4, 0.5) is 0 Å². The molecule has 0 bridgehead atoms. The van der Waals surface area contributed by atoms with Gasteiger partial charge in [0.1, 0.15) is 0 Å². The zero-order valence-corrected chi connectivity index (χ0v) is 17.5. The highest BCUT2D eigenvalue weighted by Crippen LogP contribution is 2.19. The molecule has 3 rings (SSSR count). The zero-order chi connectivity index (χ0) is 19.9. The Hall–Kier alpha value is -2.18. The van der Waals surface area contributed by atoms with Crippen molar-refractivity contribution in [2.75, 3.05) is 26.7 Å². The summed E-state index contributed by atoms with van der Waals surface area (Å²) in [4.78, 5) is 29.2. The lowest BCUT2D eigenvalue weighted by Gasteiger charge is -2.31. The summed E-state index contributed by atoms with van der Waals surface area (Å²) in [6.45, 7) is 6.05. The first-order chi connectivity index (χ1) is 13.5. The Labute approximate surface area is 171 Å². The van der Waals surface area contributed by atoms with Gasteiger partial charge in [0.2, 0.25) is 5.91 Å². The van der Waals surface area contributed by atoms with Crippen LogP contribution >= 0.6 is 11.3 Å². The number of amides is 2. The Balaban J connectivity index is 1.52. The van der Waals surface area contributed by atoms with Gasteiger partial charge in [-0.15, -0.1) is 11.3 Å². The summed E-state index contributed by atoms with van der Waals surface area (Å²) in [5.74, 6) is 0.482. The number of benzene rings is 1. The molecule has 1 unspecified atom stereocenters. The molecule has 2 amide bonds. The van der Waals surface area contributed by atoms with Crippen molar-refractivity contribution < 1.29 is 9.59 Å². The van der Waals surface area contributed by atoms with Gasteiger partial charge >= 0.3 is 0 Å². The smallest absolute Gasteiger partial charge is 0.264 e. The summed E-state index contributed by atoms with van der Waals surface area (Å²) in [5, 5.41) is 4.83. The fourth-order valence-corrected chi connectivity index (χ4v) is 4.40. The SMILES string of the molecule is CC1CCCN(Cc2ccccc2CNC(=O)CN(C)C(=O)c2cccs2)C1. The quantitative estimate of drug-likeness (QED) is 0.777. The van der Waals surface area contributed by atoms with Gasteiger partial charge < -0.3 is 10.2 Å². The molecule has 1 saturated heterocycles. The Morgan fingerprint density at radius 3 is 2.71 bits per heavy atom. The molecule has 1 aromatic carbocycles. The Morgan fingerprint density at radius 1 is 1.21 bits per heavy atom. The van der Waals surface area contributed by atoms with Crippen LogP contribution < -0.4 is 5.32 Å². The largest absolute Gasteiger partial charge is 0.350 e. The molecule has 150 valence electrons. The highest BCUT2D eigenvalue weighted by Gasteiger charge is 2.18. The van der Waals surface area contributed by atoms with E-state index in [0.29, 0.717) is 11.4 Å². The third kappa shape index (κ3) is 5.66. The maximum absolute atomic E-state index is 12.3. The van der Waals surface area contributed by atoms with E-state index in [1.165, 1.54) is 34.6 Å². The van der Waals surface area contributed by atoms with E-state index < -0.39 is 0 Å². The molecule has 1 aliphatic heterocycles. The number of rotatable bonds is 7. The van der Waals surface area contributed by atoms with E-state index in [1.54, 1.807) is 13.1 Å². The molecule has 1 aromatic heterocycles. The summed E-state index contributed by atoms with van der Waals surface area (Å²) in [6, 6.07) is 11.9. The number of hydrogen-bond donors (Lipinski definition) is 1. The molecular formula is C22H29N3O2S. The van der Waals surface area contributed by atoms with Crippen molar-refractivity contribution in [2.45, 2.75) is 32.9 Å². The van der Waals surface area contributed by atoms with Gasteiger partial charge in [-0.05, 0) is 47.9 Å². The lowest BCUT2D eigenvalue weighted by atomic mass is 9.99. The van der Waals surface area contributed by atoms with Crippen LogP contribution in [0.25, 0.3) is 0 Å². The van der Waals surface area contributed by atoms with Crippen LogP contribution in [0.1, 0.15) is 40.6 Å². The molecule has 0 aliphatic carbocycles. The number of nitrogens with zero attached hydrogens (tertiary/aromatic N) is 2. The van der Waals surface area contributed by atoms with Gasteiger partial charge in [-0.2, -0.15) is 0 Å². The number of likely N-dealkylation sites (N-methyl/N-ethyl adjacent to an activating group) is 1. The average molecular weight is 400 g/mol. The fourth-order valence-electron chi connectivity index (χ4n) is 3.68. The molecule has 0 saturated carbocycles. The highest BCUT2D eigenvalue weighted by molar-refractivity contribution is 7.12. The number of piperidine rings is 1. The predicted molar refractivity (Wildman–Crippen MR) is 113 cm³/mol. The summed E-state index contributed by atoms with van der Waals surface area (Å²) in [6.07, 6.45) is 2.57. The maximum Gasteiger partial charge on any atom is 0.264 e. The van der Waals surface area contributed by atoms with Gasteiger partial charge in [0.15, 0.2) is 0 Å². The predicted octanol–water partition coefficient (Wildman–Crippen LogP) is 3.37. The first-order valence-electron chi connectivity index (χ1n) is 9.87. The molecule has 28 heavy (non-hydrogen) atoms. The molecular weight excluding hydrogens is 370 g/mol. The second-order valence-electron chi connectivity index (χ2n) is 7.67. The van der Waals surface area contributed by atoms with Crippen LogP contribution in [0.5, 0.6) is 0 Å². The van der Waals surface area contributed by atoms with Crippen molar-refractivity contribution in [1.29, 1.82) is 0 Å². The summed E-state index contributed by atoms with van der Waals surface area (Å²) in [5.41, 5.74) is 2.40. The van der Waals surface area contributed by atoms with Gasteiger partial charge in [-0.25, -0.2) is 0 Å². The van der Waals surface area contributed by atoms with Crippen molar-refractivity contribution in [1.82, 2.24) is 15.1 Å². The third-order valence-corrected chi connectivity index (χ3v) is 6.05. The second kappa shape index (κ2) is 9.85. The minimum Gasteiger partial charge on any atom is -0.350 e. The first kappa shape index (κ1) is 20.6. The zero-order valence-electron chi connectivity index (χ0n) is 16.7. The van der Waals surface area contributed by atoms with Crippen molar-refractivity contribution in [3.63, 3.8) is 0 Å². The Morgan fingerprint density at radius 2 is 2.00 bits per heavy atom. The van der Waals surface area contributed by atoms with Crippen LogP contribution in [-0.4, -0.2) is 48.3 Å². The number of carbonyl (C=O) groups excluding carboxylic acids is 2. The third-order valence-electron chi connectivity index (χ3n) is 5.19. The van der Waals surface area contributed by atoms with E-state index in [4.69, 9.17) is 0 Å². The van der Waals surface area contributed by atoms with Crippen molar-refractivity contribution in [3.8, 4) is 0 Å². The first-order valence-corrected chi connectivity index (χ1v) is 10.8. The van der Waals surface area contributed by atoms with Gasteiger partial charge in [-0.3, -0.25) is 14.5 Å². The molecule has 1 atom stereocenters. The molecule has 5 nitrogen and oxygen atoms in total. The summed E-state index contributed by atoms with van der Waals surface area (Å²) in [7, 11) is 1.66. The van der Waals surface area contributed by atoms with Crippen molar-refractivity contribution in [3.05, 3.63) is 57.8 Å². The van der Waals surface area contributed by atoms with Crippen LogP contribution in [0, 0.1) is 5.92 Å². The van der Waals surface area contributed by atoms with E-state index in [0.717, 1.165) is 31.1 Å². The van der Waals surface area contributed by atoms with E-state index in [9.17, 15) is 9.59 Å². The Kier molecular flexibility index (Phi) is 7.23. The van der Waals surface area contributed by atoms with E-state index in [2.05, 4.69) is 35.3 Å². The highest BCUT2D eigenvalue weighted by atomic mass is 32.1. The minimum absolute atomic E-state index is 0.0581. The molecule has 0 spiro atoms. The lowest BCUT2D eigenvalue weighted by Crippen LogP contribution is -2.38. The summed E-state index contributed by atoms with van der Waals surface area (Å²) >= 11 is 1.39. The molecule has 1 aliphatic rings. The average Bonchev–Trinajstić information content (AvgIpc) is 3.21. The number of likely N-dealkylation sites (tertiary alicyclic amines) is 1. The van der Waals surface area contributed by atoms with Crippen LogP contribution in [0.15, 0.2) is 41.8 Å². The lowest BCUT2D eigenvalue weighted by molar-refractivity contribution is -0.121. The fraction of sp³-hybridized carbons (Fsp3) is 0.455. The molecule has 1 N–H and O–H groups in total. The normalized spacial score (nSPS) is 17.3.